The van der Waals surface area contributed by atoms with Crippen molar-refractivity contribution in [3.8, 4) is 5.75 Å². The first-order valence-corrected chi connectivity index (χ1v) is 11.1. The highest BCUT2D eigenvalue weighted by Gasteiger charge is 2.18. The van der Waals surface area contributed by atoms with Crippen molar-refractivity contribution in [2.24, 2.45) is 5.73 Å². The molecule has 0 spiro atoms. The molecule has 0 saturated heterocycles. The number of carbonyl (C=O) groups is 2. The molecule has 1 heterocycles. The first-order chi connectivity index (χ1) is 17.3. The maximum Gasteiger partial charge on any atom is 0.410 e. The van der Waals surface area contributed by atoms with Gasteiger partial charge in [0.2, 0.25) is 0 Å². The Morgan fingerprint density at radius 2 is 1.83 bits per heavy atom. The van der Waals surface area contributed by atoms with Crippen molar-refractivity contribution in [2.45, 2.75) is 6.04 Å². The lowest BCUT2D eigenvalue weighted by molar-refractivity contribution is 0.102. The van der Waals surface area contributed by atoms with Gasteiger partial charge < -0.3 is 26.0 Å². The van der Waals surface area contributed by atoms with Gasteiger partial charge in [-0.3, -0.25) is 4.79 Å². The minimum absolute atomic E-state index is 0.0349. The summed E-state index contributed by atoms with van der Waals surface area (Å²) in [5, 5.41) is 6.84. The van der Waals surface area contributed by atoms with E-state index in [2.05, 4.69) is 20.6 Å². The summed E-state index contributed by atoms with van der Waals surface area (Å²) in [5.74, 6) is -0.366. The van der Waals surface area contributed by atoms with E-state index < -0.39 is 17.8 Å². The molecule has 36 heavy (non-hydrogen) atoms. The second-order valence-corrected chi connectivity index (χ2v) is 8.31. The lowest BCUT2D eigenvalue weighted by Gasteiger charge is -2.24. The van der Waals surface area contributed by atoms with Gasteiger partial charge in [-0.15, -0.1) is 0 Å². The number of ether oxygens (including phenoxy) is 1. The summed E-state index contributed by atoms with van der Waals surface area (Å²) in [5.41, 5.74) is 6.97. The van der Waals surface area contributed by atoms with Gasteiger partial charge in [0.1, 0.15) is 23.5 Å². The van der Waals surface area contributed by atoms with Gasteiger partial charge in [-0.2, -0.15) is 0 Å². The largest absolute Gasteiger partial charge is 0.410 e. The highest BCUT2D eigenvalue weighted by molar-refractivity contribution is 6.04. The van der Waals surface area contributed by atoms with Crippen LogP contribution in [-0.2, 0) is 0 Å². The predicted octanol–water partition coefficient (Wildman–Crippen LogP) is 4.19. The Morgan fingerprint density at radius 3 is 2.58 bits per heavy atom. The first-order valence-electron chi connectivity index (χ1n) is 11.1. The smallest absolute Gasteiger partial charge is 0.408 e. The number of aromatic nitrogens is 2. The van der Waals surface area contributed by atoms with E-state index in [1.54, 1.807) is 24.3 Å². The number of hydrogen-bond donors (Lipinski definition) is 3. The van der Waals surface area contributed by atoms with Gasteiger partial charge >= 0.3 is 6.09 Å². The number of anilines is 2. The molecular weight excluding hydrogens is 463 g/mol. The molecule has 4 aromatic rings. The molecule has 4 rings (SSSR count). The Kier molecular flexibility index (Phi) is 7.36. The Labute approximate surface area is 207 Å². The fourth-order valence-electron chi connectivity index (χ4n) is 3.81. The SMILES string of the molecule is CN(C)CC(Nc1ncnc2c(OC(N)=O)cccc12)c1cccc(NC(=O)c2ccccc2F)c1. The van der Waals surface area contributed by atoms with Crippen LogP contribution in [0.25, 0.3) is 10.9 Å². The zero-order chi connectivity index (χ0) is 25.7. The van der Waals surface area contributed by atoms with Crippen LogP contribution in [-0.4, -0.2) is 47.5 Å². The normalized spacial score (nSPS) is 11.8. The molecular formula is C26H25FN6O3. The monoisotopic (exact) mass is 488 g/mol. The maximum atomic E-state index is 14.0. The number of primary amides is 1. The molecule has 0 fully saturated rings. The fraction of sp³-hybridized carbons (Fsp3) is 0.154. The van der Waals surface area contributed by atoms with Crippen LogP contribution in [0.5, 0.6) is 5.75 Å². The zero-order valence-electron chi connectivity index (χ0n) is 19.7. The standard InChI is InChI=1S/C26H25FN6O3/c1-33(2)14-21(32-24-19-10-6-12-22(36-26(28)35)23(19)29-15-30-24)16-7-5-8-17(13-16)31-25(34)18-9-3-4-11-20(18)27/h3-13,15,21H,14H2,1-2H3,(H2,28,35)(H,31,34)(H,29,30,32). The van der Waals surface area contributed by atoms with Crippen LogP contribution in [0.2, 0.25) is 0 Å². The van der Waals surface area contributed by atoms with Gasteiger partial charge in [0, 0.05) is 17.6 Å². The number of hydrogen-bond acceptors (Lipinski definition) is 7. The quantitative estimate of drug-likeness (QED) is 0.340. The molecule has 0 bridgehead atoms. The van der Waals surface area contributed by atoms with E-state index in [0.717, 1.165) is 5.56 Å². The number of nitrogens with one attached hydrogen (secondary N) is 2. The van der Waals surface area contributed by atoms with E-state index in [-0.39, 0.29) is 17.4 Å². The molecule has 2 amide bonds. The van der Waals surface area contributed by atoms with E-state index >= 15 is 0 Å². The molecule has 1 atom stereocenters. The maximum absolute atomic E-state index is 14.0. The van der Waals surface area contributed by atoms with Crippen LogP contribution in [0, 0.1) is 5.82 Å². The summed E-state index contributed by atoms with van der Waals surface area (Å²) >= 11 is 0. The van der Waals surface area contributed by atoms with Crippen molar-refractivity contribution in [3.05, 3.63) is 90.0 Å². The van der Waals surface area contributed by atoms with Gasteiger partial charge in [0.15, 0.2) is 5.75 Å². The summed E-state index contributed by atoms with van der Waals surface area (Å²) in [7, 11) is 3.88. The number of nitrogens with zero attached hydrogens (tertiary/aromatic N) is 3. The Balaban J connectivity index is 1.64. The average molecular weight is 489 g/mol. The molecule has 1 aromatic heterocycles. The van der Waals surface area contributed by atoms with Crippen LogP contribution < -0.4 is 21.1 Å². The highest BCUT2D eigenvalue weighted by Crippen LogP contribution is 2.30. The number of rotatable bonds is 8. The van der Waals surface area contributed by atoms with Crippen molar-refractivity contribution in [3.63, 3.8) is 0 Å². The molecule has 3 aromatic carbocycles. The Hall–Kier alpha value is -4.57. The summed E-state index contributed by atoms with van der Waals surface area (Å²) < 4.78 is 19.1. The van der Waals surface area contributed by atoms with Crippen LogP contribution in [0.15, 0.2) is 73.1 Å². The van der Waals surface area contributed by atoms with Gasteiger partial charge in [0.25, 0.3) is 5.91 Å². The van der Waals surface area contributed by atoms with Gasteiger partial charge in [-0.25, -0.2) is 19.2 Å². The lowest BCUT2D eigenvalue weighted by Crippen LogP contribution is -2.26. The van der Waals surface area contributed by atoms with E-state index in [1.807, 2.05) is 43.3 Å². The van der Waals surface area contributed by atoms with E-state index in [1.165, 1.54) is 24.5 Å². The third kappa shape index (κ3) is 5.73. The number of halogens is 1. The second-order valence-electron chi connectivity index (χ2n) is 8.31. The summed E-state index contributed by atoms with van der Waals surface area (Å²) in [6, 6.07) is 18.0. The van der Waals surface area contributed by atoms with Crippen molar-refractivity contribution < 1.29 is 18.7 Å². The number of likely N-dealkylation sites (N-methyl/N-ethyl adjacent to an activating group) is 1. The third-order valence-electron chi connectivity index (χ3n) is 5.36. The number of carbonyl (C=O) groups excluding carboxylic acids is 2. The minimum atomic E-state index is -0.935. The first kappa shape index (κ1) is 24.6. The third-order valence-corrected chi connectivity index (χ3v) is 5.36. The second kappa shape index (κ2) is 10.8. The summed E-state index contributed by atoms with van der Waals surface area (Å²) in [6.07, 6.45) is 0.436. The van der Waals surface area contributed by atoms with Gasteiger partial charge in [-0.05, 0) is 56.1 Å². The van der Waals surface area contributed by atoms with E-state index in [0.29, 0.717) is 29.0 Å². The number of amides is 2. The molecule has 0 aliphatic heterocycles. The number of fused-ring (bicyclic) bond motifs is 1. The number of para-hydroxylation sites is 1. The molecule has 0 saturated carbocycles. The lowest BCUT2D eigenvalue weighted by atomic mass is 10.0. The van der Waals surface area contributed by atoms with Crippen LogP contribution in [0.1, 0.15) is 22.0 Å². The van der Waals surface area contributed by atoms with Crippen LogP contribution >= 0.6 is 0 Å². The van der Waals surface area contributed by atoms with E-state index in [9.17, 15) is 14.0 Å². The average Bonchev–Trinajstić information content (AvgIpc) is 2.84. The minimum Gasteiger partial charge on any atom is -0.408 e. The molecule has 9 nitrogen and oxygen atoms in total. The van der Waals surface area contributed by atoms with Gasteiger partial charge in [0.05, 0.1) is 11.6 Å². The Morgan fingerprint density at radius 1 is 1.06 bits per heavy atom. The molecule has 4 N–H and O–H groups in total. The molecule has 0 aliphatic rings. The van der Waals surface area contributed by atoms with Crippen LogP contribution in [0.4, 0.5) is 20.7 Å². The summed E-state index contributed by atoms with van der Waals surface area (Å²) in [4.78, 5) is 34.5. The molecule has 1 unspecified atom stereocenters. The van der Waals surface area contributed by atoms with Crippen molar-refractivity contribution in [1.82, 2.24) is 14.9 Å². The Bertz CT molecular complexity index is 1410. The number of nitrogens with two attached hydrogens (primary N) is 1. The van der Waals surface area contributed by atoms with Crippen LogP contribution in [0.3, 0.4) is 0 Å². The highest BCUT2D eigenvalue weighted by atomic mass is 19.1. The van der Waals surface area contributed by atoms with Crippen molar-refractivity contribution in [2.75, 3.05) is 31.3 Å². The number of benzene rings is 3. The molecule has 0 aliphatic carbocycles. The molecule has 0 radical (unpaired) electrons. The molecule has 10 heteroatoms. The predicted molar refractivity (Wildman–Crippen MR) is 135 cm³/mol. The van der Waals surface area contributed by atoms with Crippen molar-refractivity contribution >= 4 is 34.4 Å². The molecule has 184 valence electrons. The fourth-order valence-corrected chi connectivity index (χ4v) is 3.81. The summed E-state index contributed by atoms with van der Waals surface area (Å²) in [6.45, 7) is 0.591. The van der Waals surface area contributed by atoms with E-state index in [4.69, 9.17) is 10.5 Å². The van der Waals surface area contributed by atoms with Crippen molar-refractivity contribution in [1.29, 1.82) is 0 Å². The van der Waals surface area contributed by atoms with Gasteiger partial charge in [-0.1, -0.05) is 30.3 Å². The topological polar surface area (TPSA) is 122 Å². The zero-order valence-corrected chi connectivity index (χ0v) is 19.7.